The maximum absolute atomic E-state index is 12.5. The molecule has 0 spiro atoms. The molecule has 2 rings (SSSR count). The zero-order chi connectivity index (χ0) is 23.9. The number of carbonyl (C=O) groups is 2. The van der Waals surface area contributed by atoms with Crippen LogP contribution in [0.2, 0.25) is 0 Å². The lowest BCUT2D eigenvalue weighted by molar-refractivity contribution is -0.135. The van der Waals surface area contributed by atoms with Crippen molar-refractivity contribution in [3.8, 4) is 5.75 Å². The quantitative estimate of drug-likeness (QED) is 0.431. The van der Waals surface area contributed by atoms with Crippen molar-refractivity contribution in [2.75, 3.05) is 6.54 Å². The molecule has 0 radical (unpaired) electrons. The van der Waals surface area contributed by atoms with Gasteiger partial charge in [0.2, 0.25) is 5.91 Å². The summed E-state index contributed by atoms with van der Waals surface area (Å²) in [6.45, 7) is 11.8. The van der Waals surface area contributed by atoms with Gasteiger partial charge in [-0.2, -0.15) is 0 Å². The minimum Gasteiger partial charge on any atom is -0.425 e. The van der Waals surface area contributed by atoms with Crippen molar-refractivity contribution in [2.24, 2.45) is 0 Å². The Morgan fingerprint density at radius 1 is 1.06 bits per heavy atom. The Hall–Kier alpha value is -2.70. The van der Waals surface area contributed by atoms with Crippen LogP contribution in [-0.4, -0.2) is 40.5 Å². The van der Waals surface area contributed by atoms with Gasteiger partial charge in [0.1, 0.15) is 12.3 Å². The molecule has 2 aromatic rings. The first-order valence-electron chi connectivity index (χ1n) is 11.2. The Morgan fingerprint density at radius 2 is 1.69 bits per heavy atom. The van der Waals surface area contributed by atoms with E-state index >= 15 is 0 Å². The Kier molecular flexibility index (Phi) is 8.99. The topological polar surface area (TPSA) is 78.9 Å². The van der Waals surface area contributed by atoms with Crippen molar-refractivity contribution in [2.45, 2.75) is 72.2 Å². The maximum atomic E-state index is 12.5. The van der Waals surface area contributed by atoms with Crippen LogP contribution < -0.4 is 10.1 Å². The summed E-state index contributed by atoms with van der Waals surface area (Å²) in [5.41, 5.74) is 2.04. The summed E-state index contributed by atoms with van der Waals surface area (Å²) >= 11 is 0. The van der Waals surface area contributed by atoms with Crippen LogP contribution in [-0.2, 0) is 21.7 Å². The van der Waals surface area contributed by atoms with Crippen LogP contribution in [0.25, 0.3) is 0 Å². The van der Waals surface area contributed by atoms with Crippen LogP contribution in [0.15, 0.2) is 48.5 Å². The Morgan fingerprint density at radius 3 is 2.19 bits per heavy atom. The molecule has 0 bridgehead atoms. The highest BCUT2D eigenvalue weighted by atomic mass is 16.5. The minimum absolute atomic E-state index is 0.120. The van der Waals surface area contributed by atoms with E-state index in [0.717, 1.165) is 23.1 Å². The van der Waals surface area contributed by atoms with Gasteiger partial charge in [-0.3, -0.25) is 9.69 Å². The third-order valence-corrected chi connectivity index (χ3v) is 5.69. The number of aliphatic hydroxyl groups excluding tert-OH is 1. The average molecular weight is 441 g/mol. The Labute approximate surface area is 191 Å². The van der Waals surface area contributed by atoms with Crippen LogP contribution in [0.5, 0.6) is 5.75 Å². The molecule has 0 fully saturated rings. The van der Waals surface area contributed by atoms with Crippen molar-refractivity contribution in [1.29, 1.82) is 0 Å². The van der Waals surface area contributed by atoms with Crippen LogP contribution in [0, 0.1) is 0 Å². The Balaban J connectivity index is 2.77. The fourth-order valence-corrected chi connectivity index (χ4v) is 4.66. The van der Waals surface area contributed by atoms with Crippen molar-refractivity contribution < 1.29 is 19.4 Å². The number of nitrogens with zero attached hydrogens (tertiary/aromatic N) is 1. The number of aliphatic hydroxyl groups is 1. The zero-order valence-corrected chi connectivity index (χ0v) is 20.0. The fourth-order valence-electron chi connectivity index (χ4n) is 4.66. The van der Waals surface area contributed by atoms with E-state index in [1.807, 2.05) is 24.3 Å². The standard InChI is InChI=1S/C26H36N2O4/c1-7-26(22-11-9-8-10-12-22,28(18(2)3)19(4)5)23-15-21(17-29)13-14-24(23)32-25(31)16-27-20(6)30/h8-15,18-19,29H,7,16-17H2,1-6H3,(H,27,30). The second-order valence-corrected chi connectivity index (χ2v) is 8.55. The van der Waals surface area contributed by atoms with Gasteiger partial charge in [-0.1, -0.05) is 43.3 Å². The lowest BCUT2D eigenvalue weighted by Gasteiger charge is -2.49. The molecular formula is C26H36N2O4. The summed E-state index contributed by atoms with van der Waals surface area (Å²) < 4.78 is 5.77. The summed E-state index contributed by atoms with van der Waals surface area (Å²) in [5, 5.41) is 12.4. The van der Waals surface area contributed by atoms with E-state index in [2.05, 4.69) is 57.0 Å². The van der Waals surface area contributed by atoms with Gasteiger partial charge in [0.05, 0.1) is 12.1 Å². The maximum Gasteiger partial charge on any atom is 0.330 e. The van der Waals surface area contributed by atoms with Gasteiger partial charge in [0.25, 0.3) is 0 Å². The molecule has 6 nitrogen and oxygen atoms in total. The summed E-state index contributed by atoms with van der Waals surface area (Å²) in [6.07, 6.45) is 0.721. The van der Waals surface area contributed by atoms with E-state index in [-0.39, 0.29) is 31.1 Å². The van der Waals surface area contributed by atoms with Gasteiger partial charge in [0, 0.05) is 24.6 Å². The minimum atomic E-state index is -0.599. The molecule has 0 saturated heterocycles. The molecule has 174 valence electrons. The van der Waals surface area contributed by atoms with Crippen molar-refractivity contribution in [3.05, 3.63) is 65.2 Å². The first-order valence-corrected chi connectivity index (χ1v) is 11.2. The van der Waals surface area contributed by atoms with Gasteiger partial charge < -0.3 is 15.2 Å². The predicted molar refractivity (Wildman–Crippen MR) is 126 cm³/mol. The van der Waals surface area contributed by atoms with Crippen LogP contribution in [0.1, 0.15) is 64.7 Å². The lowest BCUT2D eigenvalue weighted by atomic mass is 9.76. The number of hydrogen-bond acceptors (Lipinski definition) is 5. The van der Waals surface area contributed by atoms with Gasteiger partial charge in [-0.25, -0.2) is 4.79 Å². The summed E-state index contributed by atoms with van der Waals surface area (Å²) in [6, 6.07) is 16.0. The molecule has 1 unspecified atom stereocenters. The number of esters is 1. The van der Waals surface area contributed by atoms with E-state index in [1.54, 1.807) is 12.1 Å². The highest BCUT2D eigenvalue weighted by molar-refractivity contribution is 5.81. The first-order chi connectivity index (χ1) is 15.2. The van der Waals surface area contributed by atoms with Crippen LogP contribution in [0.3, 0.4) is 0 Å². The van der Waals surface area contributed by atoms with Crippen molar-refractivity contribution >= 4 is 11.9 Å². The van der Waals surface area contributed by atoms with Gasteiger partial charge in [0.15, 0.2) is 0 Å². The van der Waals surface area contributed by atoms with Gasteiger partial charge in [-0.15, -0.1) is 0 Å². The molecule has 0 aromatic heterocycles. The average Bonchev–Trinajstić information content (AvgIpc) is 2.76. The number of ether oxygens (including phenoxy) is 1. The highest BCUT2D eigenvalue weighted by Crippen LogP contribution is 2.45. The van der Waals surface area contributed by atoms with E-state index in [1.165, 1.54) is 6.92 Å². The molecule has 1 amide bonds. The molecular weight excluding hydrogens is 404 g/mol. The molecule has 32 heavy (non-hydrogen) atoms. The van der Waals surface area contributed by atoms with Crippen molar-refractivity contribution in [3.63, 3.8) is 0 Å². The Bertz CT molecular complexity index is 903. The summed E-state index contributed by atoms with van der Waals surface area (Å²) in [4.78, 5) is 26.2. The number of nitrogens with one attached hydrogen (secondary N) is 1. The SMILES string of the molecule is CCC(c1ccccc1)(c1cc(CO)ccc1OC(=O)CNC(C)=O)N(C(C)C)C(C)C. The largest absolute Gasteiger partial charge is 0.425 e. The molecule has 2 N–H and O–H groups in total. The lowest BCUT2D eigenvalue weighted by Crippen LogP contribution is -2.53. The monoisotopic (exact) mass is 440 g/mol. The third-order valence-electron chi connectivity index (χ3n) is 5.69. The molecule has 0 aliphatic rings. The highest BCUT2D eigenvalue weighted by Gasteiger charge is 2.43. The van der Waals surface area contributed by atoms with Crippen LogP contribution in [0.4, 0.5) is 0 Å². The third kappa shape index (κ3) is 5.56. The molecule has 1 atom stereocenters. The molecule has 2 aromatic carbocycles. The predicted octanol–water partition coefficient (Wildman–Crippen LogP) is 3.99. The number of hydrogen-bond donors (Lipinski definition) is 2. The fraction of sp³-hybridized carbons (Fsp3) is 0.462. The normalized spacial score (nSPS) is 13.3. The van der Waals surface area contributed by atoms with Gasteiger partial charge in [-0.05, 0) is 57.4 Å². The zero-order valence-electron chi connectivity index (χ0n) is 20.0. The molecule has 0 aliphatic carbocycles. The molecule has 0 saturated carbocycles. The summed E-state index contributed by atoms with van der Waals surface area (Å²) in [5.74, 6) is -0.415. The van der Waals surface area contributed by atoms with Gasteiger partial charge >= 0.3 is 5.97 Å². The smallest absolute Gasteiger partial charge is 0.330 e. The second kappa shape index (κ2) is 11.2. The first kappa shape index (κ1) is 25.6. The van der Waals surface area contributed by atoms with Crippen LogP contribution >= 0.6 is 0 Å². The van der Waals surface area contributed by atoms with Crippen molar-refractivity contribution in [1.82, 2.24) is 10.2 Å². The molecule has 6 heteroatoms. The number of carbonyl (C=O) groups excluding carboxylic acids is 2. The molecule has 0 heterocycles. The van der Waals surface area contributed by atoms with E-state index < -0.39 is 11.5 Å². The van der Waals surface area contributed by atoms with E-state index in [4.69, 9.17) is 4.74 Å². The van der Waals surface area contributed by atoms with E-state index in [9.17, 15) is 14.7 Å². The number of benzene rings is 2. The number of rotatable bonds is 10. The van der Waals surface area contributed by atoms with E-state index in [0.29, 0.717) is 5.75 Å². The number of amides is 1. The summed E-state index contributed by atoms with van der Waals surface area (Å²) in [7, 11) is 0. The second-order valence-electron chi connectivity index (χ2n) is 8.55. The molecule has 0 aliphatic heterocycles.